The molecule has 1 unspecified atom stereocenters. The van der Waals surface area contributed by atoms with Crippen LogP contribution in [0.5, 0.6) is 0 Å². The van der Waals surface area contributed by atoms with Gasteiger partial charge in [-0.25, -0.2) is 13.1 Å². The molecule has 0 rings (SSSR count). The number of hydrogen-bond donors (Lipinski definition) is 2. The molecule has 1 atom stereocenters. The van der Waals surface area contributed by atoms with Crippen LogP contribution in [-0.2, 0) is 10.0 Å². The van der Waals surface area contributed by atoms with Gasteiger partial charge in [-0.15, -0.1) is 0 Å². The van der Waals surface area contributed by atoms with E-state index in [1.54, 1.807) is 13.8 Å². The van der Waals surface area contributed by atoms with Crippen molar-refractivity contribution in [3.8, 4) is 6.07 Å². The summed E-state index contributed by atoms with van der Waals surface area (Å²) >= 11 is 0. The molecule has 0 fully saturated rings. The van der Waals surface area contributed by atoms with Crippen molar-refractivity contribution in [3.63, 3.8) is 0 Å². The molecule has 16 heavy (non-hydrogen) atoms. The van der Waals surface area contributed by atoms with Crippen LogP contribution in [0.2, 0.25) is 0 Å². The van der Waals surface area contributed by atoms with Gasteiger partial charge in [0.25, 0.3) is 0 Å². The first-order chi connectivity index (χ1) is 7.20. The highest BCUT2D eigenvalue weighted by Gasteiger charge is 2.22. The highest BCUT2D eigenvalue weighted by Crippen LogP contribution is 2.04. The number of nitrogens with zero attached hydrogens (tertiary/aromatic N) is 1. The Bertz CT molecular complexity index is 344. The fourth-order valence-electron chi connectivity index (χ4n) is 1.41. The highest BCUT2D eigenvalue weighted by atomic mass is 32.2. The topological polar surface area (TPSA) is 82.0 Å². The van der Waals surface area contributed by atoms with E-state index in [1.807, 2.05) is 6.92 Å². The van der Waals surface area contributed by atoms with Gasteiger partial charge < -0.3 is 5.32 Å². The maximum absolute atomic E-state index is 11.1. The van der Waals surface area contributed by atoms with Gasteiger partial charge in [0.15, 0.2) is 0 Å². The van der Waals surface area contributed by atoms with Crippen LogP contribution in [0, 0.1) is 11.3 Å². The molecular formula is C10H21N3O2S. The molecule has 0 spiro atoms. The standard InChI is InChI=1S/C10H21N3O2S/c1-5-9(6-7-11)12-8-10(2,3)13-16(4,14)15/h9,12-13H,5-6,8H2,1-4H3. The molecule has 0 aromatic rings. The van der Waals surface area contributed by atoms with Crippen LogP contribution in [0.4, 0.5) is 0 Å². The number of nitriles is 1. The van der Waals surface area contributed by atoms with E-state index in [1.165, 1.54) is 0 Å². The van der Waals surface area contributed by atoms with Gasteiger partial charge in [-0.2, -0.15) is 5.26 Å². The van der Waals surface area contributed by atoms with Crippen molar-refractivity contribution in [2.45, 2.75) is 45.2 Å². The van der Waals surface area contributed by atoms with Gasteiger partial charge in [0, 0.05) is 18.1 Å². The van der Waals surface area contributed by atoms with E-state index >= 15 is 0 Å². The van der Waals surface area contributed by atoms with Gasteiger partial charge in [-0.3, -0.25) is 0 Å². The van der Waals surface area contributed by atoms with Gasteiger partial charge in [0.1, 0.15) is 0 Å². The van der Waals surface area contributed by atoms with Crippen LogP contribution < -0.4 is 10.0 Å². The molecule has 0 aliphatic carbocycles. The molecule has 0 aromatic carbocycles. The van der Waals surface area contributed by atoms with E-state index in [0.29, 0.717) is 13.0 Å². The average molecular weight is 247 g/mol. The molecule has 5 nitrogen and oxygen atoms in total. The first-order valence-corrected chi connectivity index (χ1v) is 7.18. The van der Waals surface area contributed by atoms with Gasteiger partial charge in [0.05, 0.1) is 18.7 Å². The number of hydrogen-bond acceptors (Lipinski definition) is 4. The van der Waals surface area contributed by atoms with Crippen molar-refractivity contribution in [1.29, 1.82) is 5.26 Å². The Morgan fingerprint density at radius 1 is 1.44 bits per heavy atom. The van der Waals surface area contributed by atoms with E-state index in [9.17, 15) is 8.42 Å². The second-order valence-electron chi connectivity index (χ2n) is 4.61. The Hall–Kier alpha value is -0.640. The molecular weight excluding hydrogens is 226 g/mol. The first-order valence-electron chi connectivity index (χ1n) is 5.29. The average Bonchev–Trinajstić information content (AvgIpc) is 2.08. The zero-order chi connectivity index (χ0) is 12.8. The maximum atomic E-state index is 11.1. The van der Waals surface area contributed by atoms with E-state index in [0.717, 1.165) is 12.7 Å². The van der Waals surface area contributed by atoms with Crippen molar-refractivity contribution in [3.05, 3.63) is 0 Å². The summed E-state index contributed by atoms with van der Waals surface area (Å²) in [6.45, 7) is 6.10. The monoisotopic (exact) mass is 247 g/mol. The van der Waals surface area contributed by atoms with Crippen LogP contribution in [0.25, 0.3) is 0 Å². The number of sulfonamides is 1. The predicted molar refractivity (Wildman–Crippen MR) is 64.4 cm³/mol. The fourth-order valence-corrected chi connectivity index (χ4v) is 2.48. The lowest BCUT2D eigenvalue weighted by molar-refractivity contribution is 0.384. The molecule has 0 aliphatic rings. The van der Waals surface area contributed by atoms with E-state index in [4.69, 9.17) is 5.26 Å². The molecule has 0 heterocycles. The van der Waals surface area contributed by atoms with Crippen molar-refractivity contribution < 1.29 is 8.42 Å². The van der Waals surface area contributed by atoms with Crippen molar-refractivity contribution >= 4 is 10.0 Å². The Morgan fingerprint density at radius 3 is 2.38 bits per heavy atom. The summed E-state index contributed by atoms with van der Waals surface area (Å²) in [6, 6.07) is 2.22. The summed E-state index contributed by atoms with van der Waals surface area (Å²) in [7, 11) is -3.20. The minimum atomic E-state index is -3.20. The minimum absolute atomic E-state index is 0.116. The zero-order valence-electron chi connectivity index (χ0n) is 10.4. The smallest absolute Gasteiger partial charge is 0.209 e. The van der Waals surface area contributed by atoms with Crippen LogP contribution in [0.1, 0.15) is 33.6 Å². The molecule has 0 bridgehead atoms. The zero-order valence-corrected chi connectivity index (χ0v) is 11.2. The lowest BCUT2D eigenvalue weighted by Gasteiger charge is -2.27. The molecule has 0 saturated heterocycles. The molecule has 0 aliphatic heterocycles. The summed E-state index contributed by atoms with van der Waals surface area (Å²) in [4.78, 5) is 0. The highest BCUT2D eigenvalue weighted by molar-refractivity contribution is 7.88. The summed E-state index contributed by atoms with van der Waals surface area (Å²) < 4.78 is 24.7. The minimum Gasteiger partial charge on any atom is -0.311 e. The molecule has 94 valence electrons. The van der Waals surface area contributed by atoms with Crippen molar-refractivity contribution in [2.24, 2.45) is 0 Å². The molecule has 0 amide bonds. The van der Waals surface area contributed by atoms with E-state index in [-0.39, 0.29) is 6.04 Å². The molecule has 0 saturated carbocycles. The van der Waals surface area contributed by atoms with Crippen molar-refractivity contribution in [2.75, 3.05) is 12.8 Å². The summed E-state index contributed by atoms with van der Waals surface area (Å²) in [5.41, 5.74) is -0.545. The Labute approximate surface area is 98.3 Å². The SMILES string of the molecule is CCC(CC#N)NCC(C)(C)NS(C)(=O)=O. The molecule has 0 aromatic heterocycles. The van der Waals surface area contributed by atoms with Crippen molar-refractivity contribution in [1.82, 2.24) is 10.0 Å². The Kier molecular flexibility index (Phi) is 5.94. The summed E-state index contributed by atoms with van der Waals surface area (Å²) in [6.07, 6.45) is 2.43. The maximum Gasteiger partial charge on any atom is 0.209 e. The molecule has 6 heteroatoms. The lowest BCUT2D eigenvalue weighted by atomic mass is 10.1. The molecule has 0 radical (unpaired) electrons. The number of nitrogens with one attached hydrogen (secondary N) is 2. The summed E-state index contributed by atoms with van der Waals surface area (Å²) in [5.74, 6) is 0. The van der Waals surface area contributed by atoms with Crippen LogP contribution in [0.3, 0.4) is 0 Å². The van der Waals surface area contributed by atoms with Gasteiger partial charge in [0.2, 0.25) is 10.0 Å². The van der Waals surface area contributed by atoms with Gasteiger partial charge >= 0.3 is 0 Å². The van der Waals surface area contributed by atoms with E-state index < -0.39 is 15.6 Å². The largest absolute Gasteiger partial charge is 0.311 e. The third-order valence-electron chi connectivity index (χ3n) is 2.12. The second-order valence-corrected chi connectivity index (χ2v) is 6.35. The van der Waals surface area contributed by atoms with E-state index in [2.05, 4.69) is 16.1 Å². The van der Waals surface area contributed by atoms with Crippen LogP contribution in [-0.4, -0.2) is 32.8 Å². The normalized spacial score (nSPS) is 14.4. The third-order valence-corrected chi connectivity index (χ3v) is 3.05. The van der Waals surface area contributed by atoms with Gasteiger partial charge in [-0.1, -0.05) is 6.92 Å². The summed E-state index contributed by atoms with van der Waals surface area (Å²) in [5, 5.41) is 11.8. The third kappa shape index (κ3) is 7.63. The fraction of sp³-hybridized carbons (Fsp3) is 0.900. The van der Waals surface area contributed by atoms with Gasteiger partial charge in [-0.05, 0) is 20.3 Å². The quantitative estimate of drug-likeness (QED) is 0.690. The number of rotatable bonds is 7. The Morgan fingerprint density at radius 2 is 2.00 bits per heavy atom. The van der Waals surface area contributed by atoms with Crippen LogP contribution in [0.15, 0.2) is 0 Å². The first kappa shape index (κ1) is 15.4. The molecule has 2 N–H and O–H groups in total. The van der Waals surface area contributed by atoms with Crippen LogP contribution >= 0.6 is 0 Å². The second kappa shape index (κ2) is 6.18. The lowest BCUT2D eigenvalue weighted by Crippen LogP contribution is -2.51. The Balaban J connectivity index is 4.22. The predicted octanol–water partition coefficient (Wildman–Crippen LogP) is 0.596.